The number of hydrogen-bond donors (Lipinski definition) is 2. The van der Waals surface area contributed by atoms with E-state index in [-0.39, 0.29) is 5.56 Å². The van der Waals surface area contributed by atoms with Gasteiger partial charge in [0.25, 0.3) is 5.91 Å². The van der Waals surface area contributed by atoms with Gasteiger partial charge in [-0.1, -0.05) is 30.3 Å². The molecule has 2 aromatic rings. The van der Waals surface area contributed by atoms with Gasteiger partial charge < -0.3 is 10.4 Å². The smallest absolute Gasteiger partial charge is 0.330 e. The molecule has 0 heterocycles. The van der Waals surface area contributed by atoms with Crippen LogP contribution in [0.1, 0.15) is 22.0 Å². The molecule has 7 heteroatoms. The number of nitrogens with one attached hydrogen (secondary N) is 1. The van der Waals surface area contributed by atoms with Gasteiger partial charge in [0.15, 0.2) is 23.5 Å². The number of benzene rings is 2. The highest BCUT2D eigenvalue weighted by Crippen LogP contribution is 2.18. The Morgan fingerprint density at radius 3 is 2.18 bits per heavy atom. The van der Waals surface area contributed by atoms with Crippen LogP contribution < -0.4 is 5.32 Å². The van der Waals surface area contributed by atoms with Crippen LogP contribution in [0.25, 0.3) is 0 Å². The van der Waals surface area contributed by atoms with Crippen LogP contribution in [0.2, 0.25) is 0 Å². The lowest BCUT2D eigenvalue weighted by Crippen LogP contribution is -2.34. The fourth-order valence-electron chi connectivity index (χ4n) is 1.84. The number of carbonyl (C=O) groups excluding carboxylic acids is 1. The third kappa shape index (κ3) is 3.08. The zero-order valence-corrected chi connectivity index (χ0v) is 11.0. The van der Waals surface area contributed by atoms with Crippen molar-refractivity contribution < 1.29 is 27.9 Å². The summed E-state index contributed by atoms with van der Waals surface area (Å²) >= 11 is 0. The van der Waals surface area contributed by atoms with Gasteiger partial charge in [0.05, 0.1) is 5.56 Å². The minimum absolute atomic E-state index is 0.256. The zero-order chi connectivity index (χ0) is 16.3. The number of carboxylic acid groups (broad SMARTS) is 1. The molecule has 0 spiro atoms. The summed E-state index contributed by atoms with van der Waals surface area (Å²) in [7, 11) is 0. The van der Waals surface area contributed by atoms with Crippen molar-refractivity contribution >= 4 is 11.9 Å². The predicted molar refractivity (Wildman–Crippen MR) is 70.6 cm³/mol. The van der Waals surface area contributed by atoms with E-state index < -0.39 is 40.9 Å². The summed E-state index contributed by atoms with van der Waals surface area (Å²) in [6.07, 6.45) is 0. The van der Waals surface area contributed by atoms with E-state index >= 15 is 0 Å². The molecule has 0 aliphatic heterocycles. The van der Waals surface area contributed by atoms with E-state index in [2.05, 4.69) is 5.32 Å². The molecule has 0 aliphatic carbocycles. The number of hydrogen-bond acceptors (Lipinski definition) is 2. The average Bonchev–Trinajstić information content (AvgIpc) is 2.50. The molecule has 0 bridgehead atoms. The van der Waals surface area contributed by atoms with Crippen molar-refractivity contribution in [2.24, 2.45) is 0 Å². The number of rotatable bonds is 4. The minimum Gasteiger partial charge on any atom is -0.479 e. The molecule has 114 valence electrons. The van der Waals surface area contributed by atoms with Gasteiger partial charge in [-0.25, -0.2) is 18.0 Å². The topological polar surface area (TPSA) is 66.4 Å². The molecular weight excluding hydrogens is 299 g/mol. The Morgan fingerprint density at radius 1 is 0.955 bits per heavy atom. The summed E-state index contributed by atoms with van der Waals surface area (Å²) in [5.41, 5.74) is -0.521. The van der Waals surface area contributed by atoms with Gasteiger partial charge >= 0.3 is 5.97 Å². The number of aliphatic carboxylic acids is 1. The van der Waals surface area contributed by atoms with Gasteiger partial charge in [0.2, 0.25) is 0 Å². The molecule has 1 atom stereocenters. The van der Waals surface area contributed by atoms with Crippen molar-refractivity contribution in [2.75, 3.05) is 0 Å². The van der Waals surface area contributed by atoms with Gasteiger partial charge in [-0.05, 0) is 17.7 Å². The Balaban J connectivity index is 2.30. The molecule has 4 nitrogen and oxygen atoms in total. The van der Waals surface area contributed by atoms with Crippen molar-refractivity contribution in [3.63, 3.8) is 0 Å². The van der Waals surface area contributed by atoms with Gasteiger partial charge in [0.1, 0.15) is 0 Å². The molecule has 0 saturated carbocycles. The molecular formula is C15H10F3NO3. The van der Waals surface area contributed by atoms with Crippen LogP contribution >= 0.6 is 0 Å². The third-order valence-corrected chi connectivity index (χ3v) is 2.94. The first-order chi connectivity index (χ1) is 10.4. The van der Waals surface area contributed by atoms with Gasteiger partial charge in [-0.15, -0.1) is 0 Å². The van der Waals surface area contributed by atoms with Crippen LogP contribution in [-0.4, -0.2) is 17.0 Å². The average molecular weight is 309 g/mol. The molecule has 1 amide bonds. The van der Waals surface area contributed by atoms with Crippen molar-refractivity contribution in [2.45, 2.75) is 6.04 Å². The monoisotopic (exact) mass is 309 g/mol. The summed E-state index contributed by atoms with van der Waals surface area (Å²) in [5, 5.41) is 11.2. The predicted octanol–water partition coefficient (Wildman–Crippen LogP) is 2.66. The lowest BCUT2D eigenvalue weighted by molar-refractivity contribution is -0.139. The number of carboxylic acids is 1. The number of amides is 1. The van der Waals surface area contributed by atoms with Gasteiger partial charge in [0, 0.05) is 0 Å². The summed E-state index contributed by atoms with van der Waals surface area (Å²) in [4.78, 5) is 23.1. The van der Waals surface area contributed by atoms with E-state index in [0.29, 0.717) is 6.07 Å². The van der Waals surface area contributed by atoms with Crippen LogP contribution in [-0.2, 0) is 4.79 Å². The van der Waals surface area contributed by atoms with E-state index in [1.807, 2.05) is 0 Å². The third-order valence-electron chi connectivity index (χ3n) is 2.94. The first-order valence-corrected chi connectivity index (χ1v) is 6.14. The molecule has 2 N–H and O–H groups in total. The standard InChI is InChI=1S/C15H10F3NO3/c16-10-7-6-9(11(17)12(10)18)14(20)19-13(15(21)22)8-4-2-1-3-5-8/h1-7,13H,(H,19,20)(H,21,22). The second-order valence-electron chi connectivity index (χ2n) is 4.38. The van der Waals surface area contributed by atoms with E-state index in [9.17, 15) is 22.8 Å². The molecule has 1 unspecified atom stereocenters. The first-order valence-electron chi connectivity index (χ1n) is 6.14. The van der Waals surface area contributed by atoms with Gasteiger partial charge in [-0.2, -0.15) is 0 Å². The summed E-state index contributed by atoms with van der Waals surface area (Å²) in [5.74, 6) is -7.43. The van der Waals surface area contributed by atoms with E-state index in [1.165, 1.54) is 12.1 Å². The quantitative estimate of drug-likeness (QED) is 0.853. The second kappa shape index (κ2) is 6.30. The van der Waals surface area contributed by atoms with Crippen LogP contribution in [0.15, 0.2) is 42.5 Å². The first kappa shape index (κ1) is 15.6. The van der Waals surface area contributed by atoms with Crippen molar-refractivity contribution in [1.29, 1.82) is 0 Å². The SMILES string of the molecule is O=C(NC(C(=O)O)c1ccccc1)c1ccc(F)c(F)c1F. The Hall–Kier alpha value is -2.83. The Bertz CT molecular complexity index is 719. The zero-order valence-electron chi connectivity index (χ0n) is 11.0. The summed E-state index contributed by atoms with van der Waals surface area (Å²) in [6, 6.07) is 7.59. The molecule has 2 aromatic carbocycles. The molecule has 0 saturated heterocycles. The Labute approximate surface area is 123 Å². The largest absolute Gasteiger partial charge is 0.479 e. The lowest BCUT2D eigenvalue weighted by Gasteiger charge is -2.15. The van der Waals surface area contributed by atoms with Crippen LogP contribution in [0.4, 0.5) is 13.2 Å². The number of carbonyl (C=O) groups is 2. The summed E-state index contributed by atoms with van der Waals surface area (Å²) < 4.78 is 39.5. The molecule has 0 aliphatic rings. The molecule has 0 radical (unpaired) electrons. The molecule has 0 aromatic heterocycles. The van der Waals surface area contributed by atoms with Crippen LogP contribution in [0.3, 0.4) is 0 Å². The molecule has 0 fully saturated rings. The fraction of sp³-hybridized carbons (Fsp3) is 0.0667. The maximum absolute atomic E-state index is 13.5. The van der Waals surface area contributed by atoms with Gasteiger partial charge in [-0.3, -0.25) is 4.79 Å². The van der Waals surface area contributed by atoms with E-state index in [4.69, 9.17) is 5.11 Å². The summed E-state index contributed by atoms with van der Waals surface area (Å²) in [6.45, 7) is 0. The Kier molecular flexibility index (Phi) is 4.45. The van der Waals surface area contributed by atoms with Crippen molar-refractivity contribution in [3.05, 3.63) is 71.0 Å². The highest BCUT2D eigenvalue weighted by Gasteiger charge is 2.25. The lowest BCUT2D eigenvalue weighted by atomic mass is 10.1. The molecule has 2 rings (SSSR count). The molecule has 22 heavy (non-hydrogen) atoms. The van der Waals surface area contributed by atoms with Crippen LogP contribution in [0, 0.1) is 17.5 Å². The second-order valence-corrected chi connectivity index (χ2v) is 4.38. The maximum Gasteiger partial charge on any atom is 0.330 e. The minimum atomic E-state index is -1.79. The van der Waals surface area contributed by atoms with Crippen molar-refractivity contribution in [3.8, 4) is 0 Å². The number of halogens is 3. The van der Waals surface area contributed by atoms with E-state index in [1.54, 1.807) is 18.2 Å². The Morgan fingerprint density at radius 2 is 1.59 bits per heavy atom. The maximum atomic E-state index is 13.5. The van der Waals surface area contributed by atoms with Crippen molar-refractivity contribution in [1.82, 2.24) is 5.32 Å². The van der Waals surface area contributed by atoms with Crippen LogP contribution in [0.5, 0.6) is 0 Å². The fourth-order valence-corrected chi connectivity index (χ4v) is 1.84. The normalized spacial score (nSPS) is 11.8. The van der Waals surface area contributed by atoms with E-state index in [0.717, 1.165) is 6.07 Å². The highest BCUT2D eigenvalue weighted by molar-refractivity contribution is 5.97. The highest BCUT2D eigenvalue weighted by atomic mass is 19.2.